The molecule has 0 aromatic heterocycles. The van der Waals surface area contributed by atoms with Gasteiger partial charge in [-0.1, -0.05) is 0 Å². The molecule has 6 nitrogen and oxygen atoms in total. The van der Waals surface area contributed by atoms with E-state index in [2.05, 4.69) is 0 Å². The van der Waals surface area contributed by atoms with Crippen molar-refractivity contribution < 1.29 is 23.2 Å². The molecule has 0 fully saturated rings. The van der Waals surface area contributed by atoms with Crippen molar-refractivity contribution in [1.82, 2.24) is 0 Å². The fourth-order valence-corrected chi connectivity index (χ4v) is 0.257. The summed E-state index contributed by atoms with van der Waals surface area (Å²) < 4.78 is 25.9. The second kappa shape index (κ2) is 7.44. The summed E-state index contributed by atoms with van der Waals surface area (Å²) in [7, 11) is -3.67. The van der Waals surface area contributed by atoms with Gasteiger partial charge in [0.25, 0.3) is 10.1 Å². The lowest BCUT2D eigenvalue weighted by Crippen LogP contribution is -2.25. The molecule has 0 saturated carbocycles. The predicted octanol–water partition coefficient (Wildman–Crippen LogP) is -1.81. The predicted molar refractivity (Wildman–Crippen MR) is 44.2 cm³/mol. The zero-order valence-corrected chi connectivity index (χ0v) is 7.66. The minimum Gasteiger partial charge on any atom is -0.396 e. The van der Waals surface area contributed by atoms with E-state index < -0.39 is 10.1 Å². The number of aliphatic hydroxyl groups is 2. The molecular formula is C5H15NO5S. The Kier molecular flexibility index (Phi) is 8.88. The Balaban J connectivity index is 0. The van der Waals surface area contributed by atoms with E-state index in [1.807, 2.05) is 0 Å². The molecule has 5 N–H and O–H groups in total. The van der Waals surface area contributed by atoms with Crippen molar-refractivity contribution in [2.45, 2.75) is 12.5 Å². The Morgan fingerprint density at radius 2 is 1.75 bits per heavy atom. The molecule has 12 heavy (non-hydrogen) atoms. The summed E-state index contributed by atoms with van der Waals surface area (Å²) in [4.78, 5) is 0. The Morgan fingerprint density at radius 3 is 1.83 bits per heavy atom. The summed E-state index contributed by atoms with van der Waals surface area (Å²) in [5.74, 6) is 0. The fraction of sp³-hybridized carbons (Fsp3) is 1.00. The summed E-state index contributed by atoms with van der Waals surface area (Å²) in [5, 5.41) is 16.4. The first-order valence-corrected chi connectivity index (χ1v) is 5.05. The quantitative estimate of drug-likeness (QED) is 0.399. The standard InChI is InChI=1S/C4H11NO2.CH4O3S/c5-4(3-7)1-2-6;1-5(2,3)4/h4,6-7H,1-3,5H2;1H3,(H,2,3,4). The Morgan fingerprint density at radius 1 is 1.42 bits per heavy atom. The molecule has 0 amide bonds. The largest absolute Gasteiger partial charge is 0.396 e. The van der Waals surface area contributed by atoms with E-state index in [0.29, 0.717) is 12.7 Å². The minimum atomic E-state index is -3.67. The van der Waals surface area contributed by atoms with Gasteiger partial charge in [0.05, 0.1) is 12.9 Å². The summed E-state index contributed by atoms with van der Waals surface area (Å²) >= 11 is 0. The van der Waals surface area contributed by atoms with Crippen LogP contribution in [-0.2, 0) is 10.1 Å². The highest BCUT2D eigenvalue weighted by molar-refractivity contribution is 7.85. The number of rotatable bonds is 3. The molecule has 76 valence electrons. The van der Waals surface area contributed by atoms with Crippen LogP contribution in [0, 0.1) is 0 Å². The number of aliphatic hydroxyl groups excluding tert-OH is 2. The Hall–Kier alpha value is -0.210. The van der Waals surface area contributed by atoms with E-state index >= 15 is 0 Å². The molecule has 0 spiro atoms. The monoisotopic (exact) mass is 201 g/mol. The van der Waals surface area contributed by atoms with Gasteiger partial charge in [0.15, 0.2) is 0 Å². The third kappa shape index (κ3) is 33.0. The Labute approximate surface area is 71.8 Å². The lowest BCUT2D eigenvalue weighted by Gasteiger charge is -2.01. The second-order valence-electron chi connectivity index (χ2n) is 2.19. The molecule has 0 bridgehead atoms. The van der Waals surface area contributed by atoms with Crippen LogP contribution in [0.5, 0.6) is 0 Å². The lowest BCUT2D eigenvalue weighted by molar-refractivity contribution is 0.221. The van der Waals surface area contributed by atoms with E-state index in [-0.39, 0.29) is 19.3 Å². The van der Waals surface area contributed by atoms with Crippen molar-refractivity contribution in [2.24, 2.45) is 5.73 Å². The van der Waals surface area contributed by atoms with Crippen molar-refractivity contribution in [1.29, 1.82) is 0 Å². The highest BCUT2D eigenvalue weighted by Gasteiger charge is 1.95. The molecule has 0 aliphatic heterocycles. The summed E-state index contributed by atoms with van der Waals surface area (Å²) in [6.45, 7) is 0.0162. The zero-order chi connectivity index (χ0) is 10.2. The molecule has 0 aliphatic carbocycles. The van der Waals surface area contributed by atoms with Crippen LogP contribution in [0.1, 0.15) is 6.42 Å². The first-order valence-electron chi connectivity index (χ1n) is 3.21. The first-order chi connectivity index (χ1) is 5.31. The van der Waals surface area contributed by atoms with Gasteiger partial charge in [-0.05, 0) is 6.42 Å². The average Bonchev–Trinajstić information content (AvgIpc) is 1.85. The van der Waals surface area contributed by atoms with Crippen molar-refractivity contribution in [2.75, 3.05) is 19.5 Å². The van der Waals surface area contributed by atoms with Gasteiger partial charge in [0, 0.05) is 12.6 Å². The third-order valence-electron chi connectivity index (χ3n) is 0.734. The molecule has 0 radical (unpaired) electrons. The maximum atomic E-state index is 9.19. The van der Waals surface area contributed by atoms with Gasteiger partial charge in [-0.15, -0.1) is 0 Å². The normalized spacial score (nSPS) is 13.1. The number of hydrogen-bond donors (Lipinski definition) is 4. The van der Waals surface area contributed by atoms with Gasteiger partial charge in [-0.3, -0.25) is 4.55 Å². The highest BCUT2D eigenvalue weighted by atomic mass is 32.2. The topological polar surface area (TPSA) is 121 Å². The van der Waals surface area contributed by atoms with Crippen molar-refractivity contribution in [3.05, 3.63) is 0 Å². The molecule has 1 unspecified atom stereocenters. The minimum absolute atomic E-state index is 0.0411. The summed E-state index contributed by atoms with van der Waals surface area (Å²) in [5.41, 5.74) is 5.17. The molecule has 0 aliphatic rings. The molecule has 0 heterocycles. The molecule has 7 heteroatoms. The third-order valence-corrected chi connectivity index (χ3v) is 0.734. The van der Waals surface area contributed by atoms with Crippen LogP contribution in [-0.4, -0.2) is 48.7 Å². The van der Waals surface area contributed by atoms with Crippen LogP contribution in [0.3, 0.4) is 0 Å². The van der Waals surface area contributed by atoms with Gasteiger partial charge in [-0.25, -0.2) is 0 Å². The summed E-state index contributed by atoms with van der Waals surface area (Å²) in [6, 6.07) is -0.245. The van der Waals surface area contributed by atoms with Gasteiger partial charge >= 0.3 is 0 Å². The maximum Gasteiger partial charge on any atom is 0.261 e. The lowest BCUT2D eigenvalue weighted by atomic mass is 10.2. The van der Waals surface area contributed by atoms with Crippen LogP contribution >= 0.6 is 0 Å². The number of nitrogens with two attached hydrogens (primary N) is 1. The molecule has 0 aromatic rings. The number of hydrogen-bond acceptors (Lipinski definition) is 5. The molecular weight excluding hydrogens is 186 g/mol. The van der Waals surface area contributed by atoms with Crippen LogP contribution in [0.2, 0.25) is 0 Å². The van der Waals surface area contributed by atoms with E-state index in [0.717, 1.165) is 0 Å². The second-order valence-corrected chi connectivity index (χ2v) is 3.65. The molecule has 0 rings (SSSR count). The maximum absolute atomic E-state index is 9.19. The van der Waals surface area contributed by atoms with E-state index in [1.165, 1.54) is 0 Å². The van der Waals surface area contributed by atoms with E-state index in [4.69, 9.17) is 20.5 Å². The van der Waals surface area contributed by atoms with Gasteiger partial charge in [0.1, 0.15) is 0 Å². The van der Waals surface area contributed by atoms with E-state index in [9.17, 15) is 8.42 Å². The van der Waals surface area contributed by atoms with E-state index in [1.54, 1.807) is 0 Å². The molecule has 0 aromatic carbocycles. The smallest absolute Gasteiger partial charge is 0.261 e. The van der Waals surface area contributed by atoms with Crippen molar-refractivity contribution >= 4 is 10.1 Å². The first kappa shape index (κ1) is 14.3. The zero-order valence-electron chi connectivity index (χ0n) is 6.84. The SMILES string of the molecule is CS(=O)(=O)O.NC(CO)CCO. The van der Waals surface area contributed by atoms with Crippen LogP contribution < -0.4 is 5.73 Å². The van der Waals surface area contributed by atoms with Crippen LogP contribution in [0.25, 0.3) is 0 Å². The summed E-state index contributed by atoms with van der Waals surface area (Å²) in [6.07, 6.45) is 1.20. The van der Waals surface area contributed by atoms with Gasteiger partial charge < -0.3 is 15.9 Å². The van der Waals surface area contributed by atoms with Crippen molar-refractivity contribution in [3.8, 4) is 0 Å². The fourth-order valence-electron chi connectivity index (χ4n) is 0.257. The highest BCUT2D eigenvalue weighted by Crippen LogP contribution is 1.80. The molecule has 0 saturated heterocycles. The Bertz CT molecular complexity index is 170. The van der Waals surface area contributed by atoms with Crippen LogP contribution in [0.4, 0.5) is 0 Å². The van der Waals surface area contributed by atoms with Gasteiger partial charge in [-0.2, -0.15) is 8.42 Å². The average molecular weight is 201 g/mol. The molecule has 1 atom stereocenters. The van der Waals surface area contributed by atoms with Crippen molar-refractivity contribution in [3.63, 3.8) is 0 Å². The van der Waals surface area contributed by atoms with Gasteiger partial charge in [0.2, 0.25) is 0 Å². The van der Waals surface area contributed by atoms with Crippen LogP contribution in [0.15, 0.2) is 0 Å².